The molecule has 0 spiro atoms. The van der Waals surface area contributed by atoms with Gasteiger partial charge >= 0.3 is 5.97 Å². The number of aromatic nitrogens is 4. The second kappa shape index (κ2) is 8.34. The van der Waals surface area contributed by atoms with Crippen LogP contribution in [0.5, 0.6) is 0 Å². The molecule has 0 atom stereocenters. The van der Waals surface area contributed by atoms with Crippen molar-refractivity contribution >= 4 is 28.8 Å². The maximum Gasteiger partial charge on any atom is 0.335 e. The van der Waals surface area contributed by atoms with Crippen LogP contribution in [-0.2, 0) is 0 Å². The molecule has 9 nitrogen and oxygen atoms in total. The minimum Gasteiger partial charge on any atom is -0.478 e. The maximum atomic E-state index is 12.8. The molecule has 4 aromatic rings. The van der Waals surface area contributed by atoms with E-state index in [9.17, 15) is 14.7 Å². The van der Waals surface area contributed by atoms with Gasteiger partial charge in [0.1, 0.15) is 5.82 Å². The van der Waals surface area contributed by atoms with E-state index in [0.29, 0.717) is 17.3 Å². The summed E-state index contributed by atoms with van der Waals surface area (Å²) < 4.78 is 1.50. The molecule has 1 fully saturated rings. The lowest BCUT2D eigenvalue weighted by Crippen LogP contribution is -2.47. The minimum absolute atomic E-state index is 0.157. The van der Waals surface area contributed by atoms with Gasteiger partial charge in [-0.25, -0.2) is 14.8 Å². The smallest absolute Gasteiger partial charge is 0.335 e. The Labute approximate surface area is 189 Å². The SMILES string of the molecule is Cc1nc(N2CCN(c3ccccn3)CC2)nc2c1ccc(=O)n2-c1ccc(C(=O)O)cc1. The predicted octanol–water partition coefficient (Wildman–Crippen LogP) is 2.51. The van der Waals surface area contributed by atoms with Crippen LogP contribution in [0.1, 0.15) is 16.1 Å². The van der Waals surface area contributed by atoms with Gasteiger partial charge in [-0.1, -0.05) is 6.07 Å². The third kappa shape index (κ3) is 3.89. The lowest BCUT2D eigenvalue weighted by atomic mass is 10.2. The summed E-state index contributed by atoms with van der Waals surface area (Å²) in [4.78, 5) is 42.3. The van der Waals surface area contributed by atoms with Crippen LogP contribution < -0.4 is 15.4 Å². The van der Waals surface area contributed by atoms with Gasteiger partial charge in [-0.2, -0.15) is 4.98 Å². The number of carboxylic acid groups (broad SMARTS) is 1. The van der Waals surface area contributed by atoms with E-state index in [1.165, 1.54) is 22.8 Å². The number of hydrogen-bond donors (Lipinski definition) is 1. The van der Waals surface area contributed by atoms with Crippen molar-refractivity contribution in [3.63, 3.8) is 0 Å². The van der Waals surface area contributed by atoms with Crippen molar-refractivity contribution in [2.75, 3.05) is 36.0 Å². The van der Waals surface area contributed by atoms with Gasteiger partial charge in [0.2, 0.25) is 5.95 Å². The highest BCUT2D eigenvalue weighted by Crippen LogP contribution is 2.22. The lowest BCUT2D eigenvalue weighted by molar-refractivity contribution is 0.0697. The fourth-order valence-electron chi connectivity index (χ4n) is 4.07. The highest BCUT2D eigenvalue weighted by atomic mass is 16.4. The number of aryl methyl sites for hydroxylation is 1. The van der Waals surface area contributed by atoms with Crippen LogP contribution in [0.4, 0.5) is 11.8 Å². The van der Waals surface area contributed by atoms with Crippen molar-refractivity contribution in [3.8, 4) is 5.69 Å². The molecule has 0 amide bonds. The summed E-state index contributed by atoms with van der Waals surface area (Å²) in [7, 11) is 0. The zero-order valence-electron chi connectivity index (χ0n) is 18.0. The average Bonchev–Trinajstić information content (AvgIpc) is 2.84. The van der Waals surface area contributed by atoms with Crippen molar-refractivity contribution in [1.82, 2.24) is 19.5 Å². The van der Waals surface area contributed by atoms with Crippen LogP contribution >= 0.6 is 0 Å². The van der Waals surface area contributed by atoms with E-state index in [4.69, 9.17) is 9.97 Å². The summed E-state index contributed by atoms with van der Waals surface area (Å²) >= 11 is 0. The Morgan fingerprint density at radius 2 is 1.64 bits per heavy atom. The van der Waals surface area contributed by atoms with Crippen LogP contribution in [-0.4, -0.2) is 56.8 Å². The van der Waals surface area contributed by atoms with Crippen LogP contribution in [0.15, 0.2) is 65.6 Å². The molecule has 4 heterocycles. The van der Waals surface area contributed by atoms with Gasteiger partial charge in [-0.3, -0.25) is 9.36 Å². The molecule has 33 heavy (non-hydrogen) atoms. The molecular weight excluding hydrogens is 420 g/mol. The number of benzene rings is 1. The van der Waals surface area contributed by atoms with E-state index in [-0.39, 0.29) is 11.1 Å². The molecule has 1 aliphatic rings. The number of hydrogen-bond acceptors (Lipinski definition) is 7. The Morgan fingerprint density at radius 3 is 2.30 bits per heavy atom. The molecule has 0 saturated carbocycles. The Balaban J connectivity index is 1.51. The molecule has 1 saturated heterocycles. The number of anilines is 2. The summed E-state index contributed by atoms with van der Waals surface area (Å²) in [6, 6.07) is 15.3. The molecule has 1 aromatic carbocycles. The van der Waals surface area contributed by atoms with Crippen molar-refractivity contribution in [2.45, 2.75) is 6.92 Å². The number of aromatic carboxylic acids is 1. The van der Waals surface area contributed by atoms with Crippen LogP contribution in [0.3, 0.4) is 0 Å². The fourth-order valence-corrected chi connectivity index (χ4v) is 4.07. The predicted molar refractivity (Wildman–Crippen MR) is 125 cm³/mol. The Hall–Kier alpha value is -4.27. The third-order valence-electron chi connectivity index (χ3n) is 5.84. The monoisotopic (exact) mass is 442 g/mol. The molecular formula is C24H22N6O3. The van der Waals surface area contributed by atoms with E-state index < -0.39 is 5.97 Å². The molecule has 3 aromatic heterocycles. The van der Waals surface area contributed by atoms with Gasteiger partial charge in [0, 0.05) is 43.8 Å². The number of carbonyl (C=O) groups is 1. The first kappa shape index (κ1) is 20.6. The average molecular weight is 442 g/mol. The first-order valence-corrected chi connectivity index (χ1v) is 10.7. The van der Waals surface area contributed by atoms with Gasteiger partial charge in [-0.15, -0.1) is 0 Å². The van der Waals surface area contributed by atoms with E-state index in [2.05, 4.69) is 14.8 Å². The molecule has 5 rings (SSSR count). The highest BCUT2D eigenvalue weighted by molar-refractivity contribution is 5.88. The second-order valence-electron chi connectivity index (χ2n) is 7.87. The number of piperazine rings is 1. The van der Waals surface area contributed by atoms with Crippen molar-refractivity contribution in [3.05, 3.63) is 82.4 Å². The van der Waals surface area contributed by atoms with Crippen molar-refractivity contribution in [2.24, 2.45) is 0 Å². The van der Waals surface area contributed by atoms with E-state index in [0.717, 1.165) is 43.1 Å². The third-order valence-corrected chi connectivity index (χ3v) is 5.84. The summed E-state index contributed by atoms with van der Waals surface area (Å²) in [5.41, 5.74) is 1.75. The van der Waals surface area contributed by atoms with Gasteiger partial charge in [0.25, 0.3) is 5.56 Å². The highest BCUT2D eigenvalue weighted by Gasteiger charge is 2.21. The number of fused-ring (bicyclic) bond motifs is 1. The molecule has 1 aliphatic heterocycles. The zero-order valence-corrected chi connectivity index (χ0v) is 18.0. The fraction of sp³-hybridized carbons (Fsp3) is 0.208. The summed E-state index contributed by atoms with van der Waals surface area (Å²) in [6.07, 6.45) is 1.79. The minimum atomic E-state index is -1.02. The van der Waals surface area contributed by atoms with E-state index >= 15 is 0 Å². The zero-order chi connectivity index (χ0) is 22.9. The Bertz CT molecular complexity index is 1380. The number of nitrogens with zero attached hydrogens (tertiary/aromatic N) is 6. The van der Waals surface area contributed by atoms with Gasteiger partial charge < -0.3 is 14.9 Å². The topological polar surface area (TPSA) is 104 Å². The standard InChI is InChI=1S/C24H22N6O3/c1-16-19-9-10-21(31)30(18-7-5-17(6-8-18)23(32)33)22(19)27-24(26-16)29-14-12-28(13-15-29)20-4-2-3-11-25-20/h2-11H,12-15H2,1H3,(H,32,33). The van der Waals surface area contributed by atoms with Gasteiger partial charge in [0.05, 0.1) is 16.9 Å². The summed E-state index contributed by atoms with van der Waals surface area (Å²) in [5, 5.41) is 9.95. The second-order valence-corrected chi connectivity index (χ2v) is 7.87. The molecule has 166 valence electrons. The van der Waals surface area contributed by atoms with Crippen molar-refractivity contribution < 1.29 is 9.90 Å². The molecule has 0 unspecified atom stereocenters. The quantitative estimate of drug-likeness (QED) is 0.514. The molecule has 9 heteroatoms. The largest absolute Gasteiger partial charge is 0.478 e. The summed E-state index contributed by atoms with van der Waals surface area (Å²) in [6.45, 7) is 4.93. The number of pyridine rings is 2. The normalized spacial score (nSPS) is 14.0. The van der Waals surface area contributed by atoms with Crippen LogP contribution in [0, 0.1) is 6.92 Å². The Morgan fingerprint density at radius 1 is 0.909 bits per heavy atom. The molecule has 0 aliphatic carbocycles. The van der Waals surface area contributed by atoms with E-state index in [1.807, 2.05) is 25.1 Å². The first-order valence-electron chi connectivity index (χ1n) is 10.7. The number of rotatable bonds is 4. The van der Waals surface area contributed by atoms with Gasteiger partial charge in [-0.05, 0) is 49.4 Å². The maximum absolute atomic E-state index is 12.8. The Kier molecular flexibility index (Phi) is 5.21. The lowest BCUT2D eigenvalue weighted by Gasteiger charge is -2.35. The van der Waals surface area contributed by atoms with Gasteiger partial charge in [0.15, 0.2) is 5.65 Å². The van der Waals surface area contributed by atoms with E-state index in [1.54, 1.807) is 24.4 Å². The van der Waals surface area contributed by atoms with Crippen LogP contribution in [0.2, 0.25) is 0 Å². The molecule has 1 N–H and O–H groups in total. The summed E-state index contributed by atoms with van der Waals surface area (Å²) in [5.74, 6) is 0.505. The van der Waals surface area contributed by atoms with Crippen LogP contribution in [0.25, 0.3) is 16.7 Å². The first-order chi connectivity index (χ1) is 16.0. The number of carboxylic acids is 1. The molecule has 0 bridgehead atoms. The molecule has 0 radical (unpaired) electrons. The van der Waals surface area contributed by atoms with Crippen molar-refractivity contribution in [1.29, 1.82) is 0 Å².